The van der Waals surface area contributed by atoms with Crippen molar-refractivity contribution in [1.29, 1.82) is 0 Å². The van der Waals surface area contributed by atoms with E-state index in [4.69, 9.17) is 11.2 Å². The molecule has 1 aliphatic heterocycles. The van der Waals surface area contributed by atoms with Crippen LogP contribution in [0.4, 0.5) is 26.3 Å². The molecule has 0 spiro atoms. The van der Waals surface area contributed by atoms with Gasteiger partial charge in [0.25, 0.3) is 0 Å². The molecule has 152 valence electrons. The molecule has 2 aromatic carbocycles. The molecule has 0 bridgehead atoms. The minimum Gasteiger partial charge on any atom is -0.251 e. The van der Waals surface area contributed by atoms with Gasteiger partial charge in [0.1, 0.15) is 7.58 Å². The Morgan fingerprint density at radius 2 is 1.11 bits per heavy atom. The molecular weight excluding hydrogens is 425 g/mol. The van der Waals surface area contributed by atoms with Gasteiger partial charge in [0, 0.05) is 0 Å². The molecule has 0 unspecified atom stereocenters. The smallest absolute Gasteiger partial charge is 0.251 e. The minimum atomic E-state index is -4.52. The first kappa shape index (κ1) is 21.4. The lowest BCUT2D eigenvalue weighted by Gasteiger charge is -2.27. The second-order valence-corrected chi connectivity index (χ2v) is 9.17. The van der Waals surface area contributed by atoms with Crippen molar-refractivity contribution >= 4 is 18.8 Å². The van der Waals surface area contributed by atoms with E-state index in [0.29, 0.717) is 11.1 Å². The normalized spacial score (nSPS) is 22.8. The van der Waals surface area contributed by atoms with Crippen molar-refractivity contribution in [3.8, 4) is 0 Å². The summed E-state index contributed by atoms with van der Waals surface area (Å²) in [5.74, 6) is 0. The zero-order chi connectivity index (χ0) is 20.9. The van der Waals surface area contributed by atoms with E-state index in [1.807, 2.05) is 0 Å². The summed E-state index contributed by atoms with van der Waals surface area (Å²) in [5.41, 5.74) is -0.932. The Hall–Kier alpha value is -1.34. The molecule has 10 heteroatoms. The zero-order valence-electron chi connectivity index (χ0n) is 14.8. The van der Waals surface area contributed by atoms with Gasteiger partial charge in [0.15, 0.2) is 0 Å². The number of alkyl halides is 6. The number of benzene rings is 2. The summed E-state index contributed by atoms with van der Waals surface area (Å²) in [4.78, 5) is 0. The third-order valence-electron chi connectivity index (χ3n) is 4.74. The Morgan fingerprint density at radius 3 is 1.43 bits per heavy atom. The number of rotatable bonds is 2. The van der Waals surface area contributed by atoms with Crippen LogP contribution in [-0.2, 0) is 12.4 Å². The second-order valence-electron chi connectivity index (χ2n) is 6.52. The first-order valence-electron chi connectivity index (χ1n) is 8.17. The molecule has 0 saturated carbocycles. The van der Waals surface area contributed by atoms with Gasteiger partial charge in [-0.05, 0) is 49.5 Å². The van der Waals surface area contributed by atoms with E-state index in [-0.39, 0.29) is 0 Å². The van der Waals surface area contributed by atoms with Gasteiger partial charge in [-0.2, -0.15) is 26.3 Å². The highest BCUT2D eigenvalue weighted by molar-refractivity contribution is 7.80. The van der Waals surface area contributed by atoms with Crippen LogP contribution in [0.15, 0.2) is 48.5 Å². The lowest BCUT2D eigenvalue weighted by molar-refractivity contribution is -0.138. The van der Waals surface area contributed by atoms with Crippen molar-refractivity contribution in [2.75, 3.05) is 14.1 Å². The van der Waals surface area contributed by atoms with E-state index < -0.39 is 43.1 Å². The highest BCUT2D eigenvalue weighted by atomic mass is 35.7. The van der Waals surface area contributed by atoms with Crippen LogP contribution in [0, 0.1) is 0 Å². The second kappa shape index (κ2) is 7.48. The predicted molar refractivity (Wildman–Crippen MR) is 96.7 cm³/mol. The Balaban J connectivity index is 2.09. The summed E-state index contributed by atoms with van der Waals surface area (Å²) < 4.78 is 82.2. The van der Waals surface area contributed by atoms with Gasteiger partial charge in [-0.3, -0.25) is 9.34 Å². The first-order valence-corrected chi connectivity index (χ1v) is 10.3. The summed E-state index contributed by atoms with van der Waals surface area (Å²) in [6.45, 7) is 0. The SMILES string of the molecule is CN1[C@H](c2cccc(C(F)(F)F)c2)[C@@H](c2cccc(C(F)(F)F)c2)N(C)P1Cl. The van der Waals surface area contributed by atoms with Gasteiger partial charge in [-0.25, -0.2) is 0 Å². The fraction of sp³-hybridized carbons (Fsp3) is 0.333. The molecule has 0 aromatic heterocycles. The van der Waals surface area contributed by atoms with E-state index in [0.717, 1.165) is 24.3 Å². The predicted octanol–water partition coefficient (Wildman–Crippen LogP) is 6.85. The van der Waals surface area contributed by atoms with Crippen LogP contribution in [-0.4, -0.2) is 23.4 Å². The van der Waals surface area contributed by atoms with Crippen molar-refractivity contribution in [2.45, 2.75) is 24.4 Å². The van der Waals surface area contributed by atoms with Crippen molar-refractivity contribution in [3.05, 3.63) is 70.8 Å². The molecule has 2 atom stereocenters. The van der Waals surface area contributed by atoms with E-state index >= 15 is 0 Å². The van der Waals surface area contributed by atoms with Gasteiger partial charge in [0.05, 0.1) is 23.2 Å². The summed E-state index contributed by atoms with van der Waals surface area (Å²) in [6.07, 6.45) is -9.03. The van der Waals surface area contributed by atoms with Gasteiger partial charge in [-0.1, -0.05) is 35.5 Å². The van der Waals surface area contributed by atoms with Gasteiger partial charge >= 0.3 is 12.4 Å². The Morgan fingerprint density at radius 1 is 0.750 bits per heavy atom. The third kappa shape index (κ3) is 4.01. The number of likely N-dealkylation sites (N-methyl/N-ethyl adjacent to an activating group) is 2. The molecule has 0 N–H and O–H groups in total. The fourth-order valence-electron chi connectivity index (χ4n) is 3.43. The molecule has 2 aromatic rings. The highest BCUT2D eigenvalue weighted by Gasteiger charge is 2.46. The monoisotopic (exact) mass is 440 g/mol. The van der Waals surface area contributed by atoms with Crippen LogP contribution in [0.1, 0.15) is 34.3 Å². The van der Waals surface area contributed by atoms with Gasteiger partial charge in [-0.15, -0.1) is 0 Å². The zero-order valence-corrected chi connectivity index (χ0v) is 16.4. The maximum absolute atomic E-state index is 13.1. The van der Waals surface area contributed by atoms with E-state index in [2.05, 4.69) is 0 Å². The lowest BCUT2D eigenvalue weighted by atomic mass is 9.91. The molecule has 28 heavy (non-hydrogen) atoms. The average molecular weight is 441 g/mol. The van der Waals surface area contributed by atoms with Crippen LogP contribution in [0.25, 0.3) is 0 Å². The highest BCUT2D eigenvalue weighted by Crippen LogP contribution is 2.65. The molecule has 1 saturated heterocycles. The van der Waals surface area contributed by atoms with E-state index in [9.17, 15) is 26.3 Å². The summed E-state index contributed by atoms with van der Waals surface area (Å²) in [5, 5.41) is 0. The molecule has 0 aliphatic carbocycles. The van der Waals surface area contributed by atoms with Gasteiger partial charge in [0.2, 0.25) is 0 Å². The van der Waals surface area contributed by atoms with Crippen LogP contribution in [0.5, 0.6) is 0 Å². The standard InChI is InChI=1S/C18H16ClF6N2P/c1-26-15(11-5-3-7-13(9-11)17(20,21)22)16(27(2)28(26)19)12-6-4-8-14(10-12)18(23,24)25/h3-10,15-16H,1-2H3/t15-,16-/m1/s1. The quantitative estimate of drug-likeness (QED) is 0.372. The van der Waals surface area contributed by atoms with Gasteiger partial charge < -0.3 is 0 Å². The van der Waals surface area contributed by atoms with E-state index in [1.54, 1.807) is 23.4 Å². The molecule has 0 amide bonds. The summed E-state index contributed by atoms with van der Waals surface area (Å²) in [6, 6.07) is 8.40. The van der Waals surface area contributed by atoms with E-state index in [1.165, 1.54) is 24.3 Å². The molecule has 2 nitrogen and oxygen atoms in total. The van der Waals surface area contributed by atoms with Crippen LogP contribution in [0.3, 0.4) is 0 Å². The number of hydrogen-bond donors (Lipinski definition) is 0. The topological polar surface area (TPSA) is 6.48 Å². The Labute approximate surface area is 164 Å². The van der Waals surface area contributed by atoms with Crippen molar-refractivity contribution < 1.29 is 26.3 Å². The third-order valence-corrected chi connectivity index (χ3v) is 7.71. The Bertz CT molecular complexity index is 787. The maximum atomic E-state index is 13.1. The average Bonchev–Trinajstić information content (AvgIpc) is 2.84. The largest absolute Gasteiger partial charge is 0.416 e. The van der Waals surface area contributed by atoms with Crippen molar-refractivity contribution in [3.63, 3.8) is 0 Å². The molecule has 3 rings (SSSR count). The summed E-state index contributed by atoms with van der Waals surface area (Å²) in [7, 11) is 1.91. The molecule has 1 fully saturated rings. The van der Waals surface area contributed by atoms with Crippen molar-refractivity contribution in [2.24, 2.45) is 0 Å². The molecule has 0 radical (unpaired) electrons. The van der Waals surface area contributed by atoms with Crippen LogP contribution < -0.4 is 0 Å². The number of hydrogen-bond acceptors (Lipinski definition) is 2. The van der Waals surface area contributed by atoms with Crippen LogP contribution in [0.2, 0.25) is 0 Å². The molecule has 1 aliphatic rings. The number of halogens is 7. The lowest BCUT2D eigenvalue weighted by Crippen LogP contribution is -2.22. The molecular formula is C18H16ClF6N2P. The van der Waals surface area contributed by atoms with Crippen LogP contribution >= 0.6 is 18.8 Å². The minimum absolute atomic E-state index is 0.345. The summed E-state index contributed by atoms with van der Waals surface area (Å²) >= 11 is 6.43. The molecule has 1 heterocycles. The fourth-order valence-corrected chi connectivity index (χ4v) is 5.37. The number of nitrogens with zero attached hydrogens (tertiary/aromatic N) is 2. The van der Waals surface area contributed by atoms with Crippen molar-refractivity contribution in [1.82, 2.24) is 9.34 Å². The maximum Gasteiger partial charge on any atom is 0.416 e. The Kier molecular flexibility index (Phi) is 5.71. The first-order chi connectivity index (χ1) is 12.9.